The average Bonchev–Trinajstić information content (AvgIpc) is 3.78. The standard InChI is InChI=1S/C43H70N6O6/c1-9-15-29(33(50)38(54)44-28-19-20-28)45-36(52)31-24-43(41(7,8)42(43)21-14-22-42)25-49(31)39(55)34(40(4,5)6)47-37(53)32(27-16-11-10-12-17-27)46-35(51)30-18-13-23-48(30)26(2)3/h26-32,34H,9-25H2,1-8H3,(H,44,54)(H,45,52)(H,46,51)(H,47,53)/t29-,30-,31-,32-,34+,43+/m0/s1. The molecule has 308 valence electrons. The Kier molecular flexibility index (Phi) is 11.9. The third kappa shape index (κ3) is 7.71. The zero-order valence-corrected chi connectivity index (χ0v) is 35.0. The fraction of sp³-hybridized carbons (Fsp3) is 0.860. The number of nitrogens with zero attached hydrogens (tertiary/aromatic N) is 2. The minimum Gasteiger partial charge on any atom is -0.347 e. The summed E-state index contributed by atoms with van der Waals surface area (Å²) < 4.78 is 0. The van der Waals surface area contributed by atoms with Crippen LogP contribution in [0.15, 0.2) is 0 Å². The lowest BCUT2D eigenvalue weighted by molar-refractivity contribution is -0.145. The SMILES string of the molecule is CCC[C@H](NC(=O)[C@@H]1C[C@@]2(CN1C(=O)[C@@H](NC(=O)[C@@H](NC(=O)[C@@H]1CCCN1C(C)C)C1CCCCC1)C(C)(C)C)C(C)(C)C21CCC1)C(=O)C(=O)NC1CC1. The predicted molar refractivity (Wildman–Crippen MR) is 210 cm³/mol. The van der Waals surface area contributed by atoms with Crippen molar-refractivity contribution in [1.29, 1.82) is 0 Å². The van der Waals surface area contributed by atoms with E-state index in [0.717, 1.165) is 83.6 Å². The molecule has 0 unspecified atom stereocenters. The second-order valence-corrected chi connectivity index (χ2v) is 20.0. The van der Waals surface area contributed by atoms with Gasteiger partial charge in [0.25, 0.3) is 5.91 Å². The largest absolute Gasteiger partial charge is 0.347 e. The molecule has 4 saturated carbocycles. The minimum absolute atomic E-state index is 0.0148. The number of likely N-dealkylation sites (tertiary alicyclic amines) is 2. The van der Waals surface area contributed by atoms with Crippen molar-refractivity contribution >= 4 is 35.3 Å². The second kappa shape index (κ2) is 15.7. The summed E-state index contributed by atoms with van der Waals surface area (Å²) in [6.07, 6.45) is 12.7. The van der Waals surface area contributed by atoms with E-state index in [9.17, 15) is 24.0 Å². The normalized spacial score (nSPS) is 29.0. The van der Waals surface area contributed by atoms with Gasteiger partial charge in [-0.15, -0.1) is 0 Å². The Hall–Kier alpha value is -3.02. The van der Waals surface area contributed by atoms with Crippen LogP contribution in [-0.2, 0) is 28.8 Å². The van der Waals surface area contributed by atoms with E-state index < -0.39 is 47.2 Å². The first-order chi connectivity index (χ1) is 25.9. The Balaban J connectivity index is 1.26. The third-order valence-electron chi connectivity index (χ3n) is 15.1. The molecule has 0 aromatic rings. The Morgan fingerprint density at radius 2 is 1.44 bits per heavy atom. The fourth-order valence-corrected chi connectivity index (χ4v) is 11.4. The average molecular weight is 767 g/mol. The van der Waals surface area contributed by atoms with Gasteiger partial charge in [-0.2, -0.15) is 0 Å². The Labute approximate surface area is 329 Å². The molecule has 2 heterocycles. The van der Waals surface area contributed by atoms with Crippen LogP contribution in [0.2, 0.25) is 0 Å². The molecule has 6 fully saturated rings. The van der Waals surface area contributed by atoms with Gasteiger partial charge in [0.2, 0.25) is 29.4 Å². The highest BCUT2D eigenvalue weighted by molar-refractivity contribution is 6.38. The van der Waals surface area contributed by atoms with Crippen LogP contribution in [0.1, 0.15) is 152 Å². The van der Waals surface area contributed by atoms with Crippen molar-refractivity contribution in [2.24, 2.45) is 27.6 Å². The summed E-state index contributed by atoms with van der Waals surface area (Å²) in [7, 11) is 0. The molecule has 2 saturated heterocycles. The summed E-state index contributed by atoms with van der Waals surface area (Å²) in [6, 6.07) is -3.65. The third-order valence-corrected chi connectivity index (χ3v) is 15.1. The monoisotopic (exact) mass is 767 g/mol. The van der Waals surface area contributed by atoms with Crippen LogP contribution in [0.4, 0.5) is 0 Å². The first kappa shape index (κ1) is 41.6. The Bertz CT molecular complexity index is 1510. The molecule has 6 atom stereocenters. The van der Waals surface area contributed by atoms with Crippen LogP contribution < -0.4 is 21.3 Å². The van der Waals surface area contributed by atoms with Crippen molar-refractivity contribution in [2.75, 3.05) is 13.1 Å². The molecule has 5 amide bonds. The topological polar surface area (TPSA) is 157 Å². The number of Topliss-reactive ketones (excluding diaryl/α,β-unsaturated/α-hetero) is 1. The van der Waals surface area contributed by atoms with Crippen molar-refractivity contribution in [1.82, 2.24) is 31.1 Å². The molecule has 0 bridgehead atoms. The quantitative estimate of drug-likeness (QED) is 0.191. The summed E-state index contributed by atoms with van der Waals surface area (Å²) in [6.45, 7) is 17.6. The number of ketones is 1. The predicted octanol–water partition coefficient (Wildman–Crippen LogP) is 4.39. The lowest BCUT2D eigenvalue weighted by Gasteiger charge is -2.38. The molecule has 2 aliphatic heterocycles. The lowest BCUT2D eigenvalue weighted by Crippen LogP contribution is -2.62. The molecule has 12 nitrogen and oxygen atoms in total. The van der Waals surface area contributed by atoms with E-state index in [1.165, 1.54) is 0 Å². The number of hydrogen-bond donors (Lipinski definition) is 4. The van der Waals surface area contributed by atoms with Gasteiger partial charge in [-0.25, -0.2) is 0 Å². The maximum atomic E-state index is 15.1. The van der Waals surface area contributed by atoms with Gasteiger partial charge in [0.05, 0.1) is 12.1 Å². The lowest BCUT2D eigenvalue weighted by atomic mass is 9.73. The first-order valence-corrected chi connectivity index (χ1v) is 21.7. The zero-order chi connectivity index (χ0) is 40.1. The van der Waals surface area contributed by atoms with E-state index >= 15 is 4.79 Å². The molecule has 12 heteroatoms. The van der Waals surface area contributed by atoms with E-state index in [4.69, 9.17) is 0 Å². The van der Waals surface area contributed by atoms with E-state index in [1.807, 2.05) is 27.7 Å². The minimum atomic E-state index is -0.987. The summed E-state index contributed by atoms with van der Waals surface area (Å²) in [5.74, 6) is -2.59. The van der Waals surface area contributed by atoms with Gasteiger partial charge in [0, 0.05) is 24.0 Å². The smallest absolute Gasteiger partial charge is 0.289 e. The number of carbonyl (C=O) groups excluding carboxylic acids is 6. The van der Waals surface area contributed by atoms with Crippen LogP contribution in [0.3, 0.4) is 0 Å². The molecule has 6 rings (SSSR count). The van der Waals surface area contributed by atoms with Crippen molar-refractivity contribution in [3.05, 3.63) is 0 Å². The van der Waals surface area contributed by atoms with Crippen LogP contribution in [0, 0.1) is 27.6 Å². The highest BCUT2D eigenvalue weighted by atomic mass is 16.2. The van der Waals surface area contributed by atoms with Crippen molar-refractivity contribution in [3.63, 3.8) is 0 Å². The van der Waals surface area contributed by atoms with Gasteiger partial charge in [-0.1, -0.05) is 73.6 Å². The number of rotatable bonds is 14. The Morgan fingerprint density at radius 3 is 1.98 bits per heavy atom. The van der Waals surface area contributed by atoms with Gasteiger partial charge in [0.1, 0.15) is 18.1 Å². The number of carbonyl (C=O) groups is 6. The fourth-order valence-electron chi connectivity index (χ4n) is 11.4. The molecule has 0 radical (unpaired) electrons. The van der Waals surface area contributed by atoms with Crippen molar-refractivity contribution < 1.29 is 28.8 Å². The maximum Gasteiger partial charge on any atom is 0.289 e. The summed E-state index contributed by atoms with van der Waals surface area (Å²) in [5, 5.41) is 12.0. The molecule has 55 heavy (non-hydrogen) atoms. The molecular formula is C43H70N6O6. The molecular weight excluding hydrogens is 697 g/mol. The number of hydrogen-bond acceptors (Lipinski definition) is 7. The van der Waals surface area contributed by atoms with E-state index in [1.54, 1.807) is 4.90 Å². The molecule has 6 aliphatic rings. The van der Waals surface area contributed by atoms with Crippen LogP contribution in [0.5, 0.6) is 0 Å². The number of nitrogens with one attached hydrogen (secondary N) is 4. The molecule has 2 spiro atoms. The maximum absolute atomic E-state index is 15.1. The van der Waals surface area contributed by atoms with Crippen LogP contribution in [0.25, 0.3) is 0 Å². The van der Waals surface area contributed by atoms with Crippen molar-refractivity contribution in [2.45, 2.75) is 194 Å². The van der Waals surface area contributed by atoms with Crippen molar-refractivity contribution in [3.8, 4) is 0 Å². The summed E-state index contributed by atoms with van der Waals surface area (Å²) in [5.41, 5.74) is -1.04. The van der Waals surface area contributed by atoms with E-state index in [-0.39, 0.29) is 58.0 Å². The van der Waals surface area contributed by atoms with Crippen LogP contribution in [-0.4, -0.2) is 101 Å². The summed E-state index contributed by atoms with van der Waals surface area (Å²) in [4.78, 5) is 88.1. The highest BCUT2D eigenvalue weighted by Crippen LogP contribution is 2.88. The van der Waals surface area contributed by atoms with Gasteiger partial charge in [0.15, 0.2) is 0 Å². The van der Waals surface area contributed by atoms with E-state index in [0.29, 0.717) is 25.8 Å². The van der Waals surface area contributed by atoms with Crippen LogP contribution >= 0.6 is 0 Å². The zero-order valence-electron chi connectivity index (χ0n) is 35.0. The highest BCUT2D eigenvalue weighted by Gasteiger charge is 2.85. The number of fused-ring (bicyclic) bond motifs is 1. The van der Waals surface area contributed by atoms with E-state index in [2.05, 4.69) is 53.9 Å². The number of amides is 5. The van der Waals surface area contributed by atoms with Gasteiger partial charge < -0.3 is 26.2 Å². The summed E-state index contributed by atoms with van der Waals surface area (Å²) >= 11 is 0. The second-order valence-electron chi connectivity index (χ2n) is 20.0. The molecule has 0 aromatic heterocycles. The molecule has 4 N–H and O–H groups in total. The van der Waals surface area contributed by atoms with Gasteiger partial charge in [-0.05, 0) is 107 Å². The molecule has 4 aliphatic carbocycles. The first-order valence-electron chi connectivity index (χ1n) is 21.7. The van der Waals surface area contributed by atoms with Gasteiger partial charge >= 0.3 is 0 Å². The van der Waals surface area contributed by atoms with Gasteiger partial charge in [-0.3, -0.25) is 33.7 Å². The Morgan fingerprint density at radius 1 is 0.782 bits per heavy atom. The molecule has 0 aromatic carbocycles.